The van der Waals surface area contributed by atoms with Gasteiger partial charge in [0.05, 0.1) is 11.6 Å². The van der Waals surface area contributed by atoms with E-state index in [0.717, 1.165) is 19.4 Å². The molecule has 26 heavy (non-hydrogen) atoms. The molecule has 1 aliphatic rings. The number of amides is 2. The van der Waals surface area contributed by atoms with Gasteiger partial charge in [-0.2, -0.15) is 5.26 Å². The van der Waals surface area contributed by atoms with E-state index in [1.165, 1.54) is 12.0 Å². The molecule has 3 rings (SSSR count). The Morgan fingerprint density at radius 2 is 2.04 bits per heavy atom. The zero-order valence-electron chi connectivity index (χ0n) is 14.7. The number of urea groups is 1. The standard InChI is InChI=1S/C21H24N4O/c22-14-18-7-4-8-19(13-18)25-21(26)24-15-20-12-17(9-10-23-20)11-16-5-2-1-3-6-16/h1-8,13,17,20,23H,9-12,15H2,(H2,24,25,26)/t17-,20+/m1/s1. The lowest BCUT2D eigenvalue weighted by atomic mass is 9.87. The summed E-state index contributed by atoms with van der Waals surface area (Å²) in [6.07, 6.45) is 3.31. The third kappa shape index (κ3) is 5.33. The van der Waals surface area contributed by atoms with Crippen molar-refractivity contribution in [3.8, 4) is 6.07 Å². The molecule has 0 bridgehead atoms. The van der Waals surface area contributed by atoms with Gasteiger partial charge in [0.1, 0.15) is 0 Å². The number of piperidine rings is 1. The van der Waals surface area contributed by atoms with Crippen LogP contribution in [-0.2, 0) is 6.42 Å². The molecule has 1 fully saturated rings. The van der Waals surface area contributed by atoms with E-state index in [9.17, 15) is 4.79 Å². The van der Waals surface area contributed by atoms with Gasteiger partial charge in [-0.3, -0.25) is 0 Å². The van der Waals surface area contributed by atoms with Crippen molar-refractivity contribution in [1.29, 1.82) is 5.26 Å². The molecule has 0 spiro atoms. The van der Waals surface area contributed by atoms with Gasteiger partial charge in [-0.1, -0.05) is 36.4 Å². The molecule has 5 heteroatoms. The second-order valence-electron chi connectivity index (χ2n) is 6.76. The molecule has 0 aromatic heterocycles. The number of nitrogens with zero attached hydrogens (tertiary/aromatic N) is 1. The van der Waals surface area contributed by atoms with E-state index in [1.807, 2.05) is 6.07 Å². The minimum absolute atomic E-state index is 0.243. The number of carbonyl (C=O) groups excluding carboxylic acids is 1. The molecule has 5 nitrogen and oxygen atoms in total. The van der Waals surface area contributed by atoms with E-state index in [1.54, 1.807) is 24.3 Å². The van der Waals surface area contributed by atoms with Crippen LogP contribution in [0.1, 0.15) is 24.0 Å². The molecular weight excluding hydrogens is 324 g/mol. The fourth-order valence-electron chi connectivity index (χ4n) is 3.44. The van der Waals surface area contributed by atoms with E-state index in [0.29, 0.717) is 23.7 Å². The maximum Gasteiger partial charge on any atom is 0.319 e. The molecule has 1 heterocycles. The minimum atomic E-state index is -0.243. The van der Waals surface area contributed by atoms with Gasteiger partial charge in [0.2, 0.25) is 0 Å². The topological polar surface area (TPSA) is 77.0 Å². The highest BCUT2D eigenvalue weighted by atomic mass is 16.2. The van der Waals surface area contributed by atoms with Crippen molar-refractivity contribution in [1.82, 2.24) is 10.6 Å². The molecule has 2 atom stereocenters. The summed E-state index contributed by atoms with van der Waals surface area (Å²) in [5, 5.41) is 18.1. The zero-order chi connectivity index (χ0) is 18.2. The maximum atomic E-state index is 12.1. The number of hydrogen-bond donors (Lipinski definition) is 3. The number of carbonyl (C=O) groups is 1. The predicted molar refractivity (Wildman–Crippen MR) is 103 cm³/mol. The van der Waals surface area contributed by atoms with Crippen LogP contribution >= 0.6 is 0 Å². The first-order chi connectivity index (χ1) is 12.7. The normalized spacial score (nSPS) is 19.3. The summed E-state index contributed by atoms with van der Waals surface area (Å²) in [6.45, 7) is 1.57. The molecule has 0 saturated carbocycles. The molecule has 1 aliphatic heterocycles. The van der Waals surface area contributed by atoms with Crippen molar-refractivity contribution in [2.45, 2.75) is 25.3 Å². The van der Waals surface area contributed by atoms with Crippen LogP contribution in [0.5, 0.6) is 0 Å². The smallest absolute Gasteiger partial charge is 0.319 e. The zero-order valence-corrected chi connectivity index (χ0v) is 14.7. The number of benzene rings is 2. The van der Waals surface area contributed by atoms with E-state index in [-0.39, 0.29) is 12.1 Å². The Morgan fingerprint density at radius 3 is 2.85 bits per heavy atom. The Kier molecular flexibility index (Phi) is 6.24. The summed E-state index contributed by atoms with van der Waals surface area (Å²) in [4.78, 5) is 12.1. The van der Waals surface area contributed by atoms with Gasteiger partial charge in [0, 0.05) is 18.3 Å². The second-order valence-corrected chi connectivity index (χ2v) is 6.76. The fraction of sp³-hybridized carbons (Fsp3) is 0.333. The molecule has 0 radical (unpaired) electrons. The second kappa shape index (κ2) is 9.02. The summed E-state index contributed by atoms with van der Waals surface area (Å²) in [5.74, 6) is 0.640. The van der Waals surface area contributed by atoms with Crippen LogP contribution in [0.2, 0.25) is 0 Å². The molecule has 3 N–H and O–H groups in total. The molecule has 0 aliphatic carbocycles. The predicted octanol–water partition coefficient (Wildman–Crippen LogP) is 3.29. The SMILES string of the molecule is N#Cc1cccc(NC(=O)NC[C@@H]2C[C@@H](Cc3ccccc3)CCN2)c1. The lowest BCUT2D eigenvalue weighted by Crippen LogP contribution is -2.47. The van der Waals surface area contributed by atoms with Gasteiger partial charge in [-0.25, -0.2) is 4.79 Å². The Balaban J connectivity index is 1.45. The van der Waals surface area contributed by atoms with Crippen LogP contribution in [0.4, 0.5) is 10.5 Å². The number of anilines is 1. The molecule has 2 amide bonds. The molecule has 134 valence electrons. The Labute approximate surface area is 154 Å². The molecule has 0 unspecified atom stereocenters. The van der Waals surface area contributed by atoms with E-state index >= 15 is 0 Å². The lowest BCUT2D eigenvalue weighted by molar-refractivity contribution is 0.246. The average Bonchev–Trinajstić information content (AvgIpc) is 2.68. The van der Waals surface area contributed by atoms with Crippen LogP contribution < -0.4 is 16.0 Å². The molecular formula is C21H24N4O. The van der Waals surface area contributed by atoms with Gasteiger partial charge in [-0.05, 0) is 55.5 Å². The maximum absolute atomic E-state index is 12.1. The van der Waals surface area contributed by atoms with E-state index in [2.05, 4.69) is 46.3 Å². The lowest BCUT2D eigenvalue weighted by Gasteiger charge is -2.30. The fourth-order valence-corrected chi connectivity index (χ4v) is 3.44. The average molecular weight is 348 g/mol. The summed E-state index contributed by atoms with van der Waals surface area (Å²) in [5.41, 5.74) is 2.53. The Hall–Kier alpha value is -2.84. The first-order valence-electron chi connectivity index (χ1n) is 9.05. The summed E-state index contributed by atoms with van der Waals surface area (Å²) in [6, 6.07) is 19.6. The summed E-state index contributed by atoms with van der Waals surface area (Å²) < 4.78 is 0. The molecule has 2 aromatic carbocycles. The Morgan fingerprint density at radius 1 is 1.19 bits per heavy atom. The first kappa shape index (κ1) is 18.0. The molecule has 1 saturated heterocycles. The minimum Gasteiger partial charge on any atom is -0.336 e. The van der Waals surface area contributed by atoms with Crippen molar-refractivity contribution in [2.75, 3.05) is 18.4 Å². The van der Waals surface area contributed by atoms with Gasteiger partial charge >= 0.3 is 6.03 Å². The Bertz CT molecular complexity index is 769. The van der Waals surface area contributed by atoms with Gasteiger partial charge in [-0.15, -0.1) is 0 Å². The van der Waals surface area contributed by atoms with E-state index < -0.39 is 0 Å². The van der Waals surface area contributed by atoms with Crippen LogP contribution in [0.3, 0.4) is 0 Å². The van der Waals surface area contributed by atoms with Crippen molar-refractivity contribution < 1.29 is 4.79 Å². The van der Waals surface area contributed by atoms with Crippen molar-refractivity contribution in [3.63, 3.8) is 0 Å². The highest BCUT2D eigenvalue weighted by molar-refractivity contribution is 5.89. The third-order valence-corrected chi connectivity index (χ3v) is 4.73. The van der Waals surface area contributed by atoms with Crippen LogP contribution in [0, 0.1) is 17.2 Å². The number of nitrogens with one attached hydrogen (secondary N) is 3. The number of nitriles is 1. The molecule has 2 aromatic rings. The monoisotopic (exact) mass is 348 g/mol. The highest BCUT2D eigenvalue weighted by Gasteiger charge is 2.22. The summed E-state index contributed by atoms with van der Waals surface area (Å²) in [7, 11) is 0. The van der Waals surface area contributed by atoms with Crippen molar-refractivity contribution in [3.05, 3.63) is 65.7 Å². The number of hydrogen-bond acceptors (Lipinski definition) is 3. The van der Waals surface area contributed by atoms with Gasteiger partial charge in [0.25, 0.3) is 0 Å². The summed E-state index contributed by atoms with van der Waals surface area (Å²) >= 11 is 0. The third-order valence-electron chi connectivity index (χ3n) is 4.73. The van der Waals surface area contributed by atoms with E-state index in [4.69, 9.17) is 5.26 Å². The first-order valence-corrected chi connectivity index (χ1v) is 9.05. The largest absolute Gasteiger partial charge is 0.336 e. The van der Waals surface area contributed by atoms with Crippen molar-refractivity contribution >= 4 is 11.7 Å². The van der Waals surface area contributed by atoms with Gasteiger partial charge in [0.15, 0.2) is 0 Å². The van der Waals surface area contributed by atoms with Crippen LogP contribution in [0.15, 0.2) is 54.6 Å². The van der Waals surface area contributed by atoms with Crippen molar-refractivity contribution in [2.24, 2.45) is 5.92 Å². The van der Waals surface area contributed by atoms with Crippen LogP contribution in [0.25, 0.3) is 0 Å². The highest BCUT2D eigenvalue weighted by Crippen LogP contribution is 2.21. The number of rotatable bonds is 5. The van der Waals surface area contributed by atoms with Crippen LogP contribution in [-0.4, -0.2) is 25.2 Å². The quantitative estimate of drug-likeness (QED) is 0.776. The van der Waals surface area contributed by atoms with Gasteiger partial charge < -0.3 is 16.0 Å².